The molecule has 1 heterocycles. The number of anilines is 1. The molecule has 1 aliphatic heterocycles. The van der Waals surface area contributed by atoms with Gasteiger partial charge in [-0.25, -0.2) is 4.39 Å². The minimum Gasteiger partial charge on any atom is -0.323 e. The minimum absolute atomic E-state index is 0. The van der Waals surface area contributed by atoms with Gasteiger partial charge in [0, 0.05) is 12.0 Å². The van der Waals surface area contributed by atoms with Crippen LogP contribution in [-0.4, -0.2) is 18.5 Å². The van der Waals surface area contributed by atoms with E-state index in [1.165, 1.54) is 6.07 Å². The Morgan fingerprint density at radius 2 is 2.21 bits per heavy atom. The topological polar surface area (TPSA) is 41.1 Å². The van der Waals surface area contributed by atoms with Gasteiger partial charge in [-0.15, -0.1) is 12.4 Å². The van der Waals surface area contributed by atoms with Crippen LogP contribution >= 0.6 is 12.4 Å². The van der Waals surface area contributed by atoms with Crippen LogP contribution in [0.1, 0.15) is 25.3 Å². The van der Waals surface area contributed by atoms with Crippen molar-refractivity contribution in [3.63, 3.8) is 0 Å². The third kappa shape index (κ3) is 4.18. The van der Waals surface area contributed by atoms with Crippen LogP contribution < -0.4 is 10.6 Å². The number of halogens is 2. The van der Waals surface area contributed by atoms with Crippen LogP contribution in [-0.2, 0) is 4.79 Å². The van der Waals surface area contributed by atoms with Gasteiger partial charge in [0.25, 0.3) is 0 Å². The third-order valence-electron chi connectivity index (χ3n) is 3.37. The number of nitrogens with one attached hydrogen (secondary N) is 2. The van der Waals surface area contributed by atoms with Gasteiger partial charge in [0.05, 0.1) is 5.69 Å². The second-order valence-electron chi connectivity index (χ2n) is 5.05. The largest absolute Gasteiger partial charge is 0.323 e. The number of amides is 1. The molecule has 1 aliphatic rings. The summed E-state index contributed by atoms with van der Waals surface area (Å²) in [7, 11) is 0. The maximum absolute atomic E-state index is 13.5. The molecule has 1 fully saturated rings. The lowest BCUT2D eigenvalue weighted by Crippen LogP contribution is -2.40. The summed E-state index contributed by atoms with van der Waals surface area (Å²) in [6, 6.07) is 5.09. The van der Waals surface area contributed by atoms with E-state index in [1.807, 2.05) is 6.92 Å². The molecule has 1 aromatic carbocycles. The number of hydrogen-bond acceptors (Lipinski definition) is 2. The van der Waals surface area contributed by atoms with Gasteiger partial charge in [0.2, 0.25) is 5.91 Å². The van der Waals surface area contributed by atoms with Crippen molar-refractivity contribution in [2.24, 2.45) is 5.92 Å². The van der Waals surface area contributed by atoms with Crippen LogP contribution in [0.2, 0.25) is 0 Å². The summed E-state index contributed by atoms with van der Waals surface area (Å²) in [4.78, 5) is 12.1. The predicted octanol–water partition coefficient (Wildman–Crippen LogP) is 2.88. The fourth-order valence-electron chi connectivity index (χ4n) is 2.34. The van der Waals surface area contributed by atoms with E-state index in [4.69, 9.17) is 0 Å². The van der Waals surface area contributed by atoms with Crippen LogP contribution in [0.15, 0.2) is 18.2 Å². The Morgan fingerprint density at radius 3 is 2.89 bits per heavy atom. The van der Waals surface area contributed by atoms with Gasteiger partial charge in [0.15, 0.2) is 0 Å². The van der Waals surface area contributed by atoms with Gasteiger partial charge in [-0.1, -0.05) is 6.07 Å². The van der Waals surface area contributed by atoms with E-state index in [2.05, 4.69) is 17.6 Å². The summed E-state index contributed by atoms with van der Waals surface area (Å²) in [5.74, 6) is -0.482. The van der Waals surface area contributed by atoms with E-state index in [0.29, 0.717) is 6.04 Å². The summed E-state index contributed by atoms with van der Waals surface area (Å²) >= 11 is 0. The van der Waals surface area contributed by atoms with Crippen LogP contribution in [0.5, 0.6) is 0 Å². The van der Waals surface area contributed by atoms with Crippen LogP contribution in [0.25, 0.3) is 0 Å². The van der Waals surface area contributed by atoms with Gasteiger partial charge in [-0.05, 0) is 50.9 Å². The van der Waals surface area contributed by atoms with Gasteiger partial charge < -0.3 is 10.6 Å². The Labute approximate surface area is 119 Å². The molecule has 3 nitrogen and oxygen atoms in total. The number of benzene rings is 1. The average molecular weight is 287 g/mol. The number of piperidine rings is 1. The molecule has 0 bridgehead atoms. The molecule has 0 spiro atoms. The zero-order valence-electron chi connectivity index (χ0n) is 11.2. The van der Waals surface area contributed by atoms with E-state index in [-0.39, 0.29) is 35.7 Å². The van der Waals surface area contributed by atoms with Crippen LogP contribution in [0, 0.1) is 18.7 Å². The summed E-state index contributed by atoms with van der Waals surface area (Å²) < 4.78 is 13.5. The smallest absolute Gasteiger partial charge is 0.227 e. The Hall–Kier alpha value is -1.13. The van der Waals surface area contributed by atoms with Crippen LogP contribution in [0.4, 0.5) is 10.1 Å². The number of aryl methyl sites for hydroxylation is 1. The van der Waals surface area contributed by atoms with E-state index in [9.17, 15) is 9.18 Å². The molecule has 106 valence electrons. The van der Waals surface area contributed by atoms with Gasteiger partial charge in [-0.2, -0.15) is 0 Å². The molecule has 2 atom stereocenters. The standard InChI is InChI=1S/C14H19FN2O.ClH/c1-9-3-4-12(15)13(7-9)17-14(18)11-5-6-16-10(2)8-11;/h3-4,7,10-11,16H,5-6,8H2,1-2H3,(H,17,18);1H/t10-,11-;/m0./s1. The van der Waals surface area contributed by atoms with Gasteiger partial charge in [0.1, 0.15) is 5.82 Å². The summed E-state index contributed by atoms with van der Waals surface area (Å²) in [6.07, 6.45) is 1.61. The van der Waals surface area contributed by atoms with Crippen molar-refractivity contribution in [1.29, 1.82) is 0 Å². The maximum Gasteiger partial charge on any atom is 0.227 e. The lowest BCUT2D eigenvalue weighted by atomic mass is 9.92. The van der Waals surface area contributed by atoms with Gasteiger partial charge in [-0.3, -0.25) is 4.79 Å². The zero-order valence-corrected chi connectivity index (χ0v) is 12.0. The van der Waals surface area contributed by atoms with E-state index in [0.717, 1.165) is 24.9 Å². The molecule has 0 unspecified atom stereocenters. The highest BCUT2D eigenvalue weighted by molar-refractivity contribution is 5.92. The Morgan fingerprint density at radius 1 is 1.47 bits per heavy atom. The lowest BCUT2D eigenvalue weighted by Gasteiger charge is -2.27. The Bertz CT molecular complexity index is 453. The first-order valence-corrected chi connectivity index (χ1v) is 6.36. The molecule has 0 aliphatic carbocycles. The molecule has 0 aromatic heterocycles. The fraction of sp³-hybridized carbons (Fsp3) is 0.500. The van der Waals surface area contributed by atoms with Crippen molar-refractivity contribution in [1.82, 2.24) is 5.32 Å². The van der Waals surface area contributed by atoms with Crippen molar-refractivity contribution in [3.05, 3.63) is 29.6 Å². The SMILES string of the molecule is Cc1ccc(F)c(NC(=O)[C@H]2CCN[C@@H](C)C2)c1.Cl. The van der Waals surface area contributed by atoms with Crippen molar-refractivity contribution in [2.45, 2.75) is 32.7 Å². The zero-order chi connectivity index (χ0) is 13.1. The summed E-state index contributed by atoms with van der Waals surface area (Å²) in [5.41, 5.74) is 1.22. The molecule has 0 saturated carbocycles. The molecular weight excluding hydrogens is 267 g/mol. The molecule has 2 rings (SSSR count). The van der Waals surface area contributed by atoms with Crippen molar-refractivity contribution < 1.29 is 9.18 Å². The molecule has 2 N–H and O–H groups in total. The summed E-state index contributed by atoms with van der Waals surface area (Å²) in [5, 5.41) is 6.00. The van der Waals surface area contributed by atoms with Crippen molar-refractivity contribution in [2.75, 3.05) is 11.9 Å². The number of rotatable bonds is 2. The summed E-state index contributed by atoms with van der Waals surface area (Å²) in [6.45, 7) is 4.78. The minimum atomic E-state index is -0.379. The van der Waals surface area contributed by atoms with Crippen LogP contribution in [0.3, 0.4) is 0 Å². The molecule has 19 heavy (non-hydrogen) atoms. The Balaban J connectivity index is 0.00000180. The first kappa shape index (κ1) is 15.9. The number of carbonyl (C=O) groups is 1. The number of hydrogen-bond donors (Lipinski definition) is 2. The molecule has 5 heteroatoms. The van der Waals surface area contributed by atoms with Gasteiger partial charge >= 0.3 is 0 Å². The van der Waals surface area contributed by atoms with E-state index >= 15 is 0 Å². The molecule has 1 aromatic rings. The third-order valence-corrected chi connectivity index (χ3v) is 3.37. The van der Waals surface area contributed by atoms with E-state index in [1.54, 1.807) is 12.1 Å². The quantitative estimate of drug-likeness (QED) is 0.878. The monoisotopic (exact) mass is 286 g/mol. The second-order valence-corrected chi connectivity index (χ2v) is 5.05. The molecular formula is C14H20ClFN2O. The molecule has 1 amide bonds. The highest BCUT2D eigenvalue weighted by atomic mass is 35.5. The molecule has 1 saturated heterocycles. The first-order valence-electron chi connectivity index (χ1n) is 6.36. The fourth-order valence-corrected chi connectivity index (χ4v) is 2.34. The normalized spacial score (nSPS) is 22.5. The highest BCUT2D eigenvalue weighted by Crippen LogP contribution is 2.21. The maximum atomic E-state index is 13.5. The van der Waals surface area contributed by atoms with E-state index < -0.39 is 0 Å². The first-order chi connectivity index (χ1) is 8.56. The molecule has 0 radical (unpaired) electrons. The van der Waals surface area contributed by atoms with Crippen molar-refractivity contribution >= 4 is 24.0 Å². The Kier molecular flexibility index (Phi) is 5.76. The average Bonchev–Trinajstić information content (AvgIpc) is 2.34. The highest BCUT2D eigenvalue weighted by Gasteiger charge is 2.25. The lowest BCUT2D eigenvalue weighted by molar-refractivity contribution is -0.120. The predicted molar refractivity (Wildman–Crippen MR) is 77.2 cm³/mol. The number of carbonyl (C=O) groups excluding carboxylic acids is 1. The second kappa shape index (κ2) is 6.87. The van der Waals surface area contributed by atoms with Crippen molar-refractivity contribution in [3.8, 4) is 0 Å².